The molecule has 1 N–H and O–H groups in total. The average molecular weight is 397 g/mol. The molecule has 0 saturated carbocycles. The Morgan fingerprint density at radius 2 is 1.96 bits per heavy atom. The second kappa shape index (κ2) is 7.13. The van der Waals surface area contributed by atoms with Crippen molar-refractivity contribution >= 4 is 33.2 Å². The summed E-state index contributed by atoms with van der Waals surface area (Å²) in [5.74, 6) is 0. The number of nitrogens with one attached hydrogen (secondary N) is 1. The van der Waals surface area contributed by atoms with E-state index < -0.39 is 10.0 Å². The maximum absolute atomic E-state index is 12.5. The van der Waals surface area contributed by atoms with Crippen molar-refractivity contribution in [2.75, 3.05) is 0 Å². The van der Waals surface area contributed by atoms with Gasteiger partial charge in [0.25, 0.3) is 0 Å². The summed E-state index contributed by atoms with van der Waals surface area (Å²) >= 11 is 11.8. The monoisotopic (exact) mass is 396 g/mol. The largest absolute Gasteiger partial charge is 0.268 e. The van der Waals surface area contributed by atoms with Crippen LogP contribution in [0.2, 0.25) is 10.0 Å². The second-order valence-electron chi connectivity index (χ2n) is 5.32. The van der Waals surface area contributed by atoms with Crippen molar-refractivity contribution in [2.24, 2.45) is 7.05 Å². The van der Waals surface area contributed by atoms with Crippen molar-refractivity contribution in [3.05, 3.63) is 64.5 Å². The first-order chi connectivity index (χ1) is 11.9. The Morgan fingerprint density at radius 3 is 2.68 bits per heavy atom. The molecule has 0 amide bonds. The fourth-order valence-corrected chi connectivity index (χ4v) is 4.10. The molecule has 9 heteroatoms. The van der Waals surface area contributed by atoms with Crippen LogP contribution < -0.4 is 4.72 Å². The number of halogens is 2. The zero-order chi connectivity index (χ0) is 18.0. The molecule has 25 heavy (non-hydrogen) atoms. The summed E-state index contributed by atoms with van der Waals surface area (Å²) in [5, 5.41) is 4.52. The molecule has 0 bridgehead atoms. The molecule has 0 aliphatic carbocycles. The molecule has 0 fully saturated rings. The predicted molar refractivity (Wildman–Crippen MR) is 96.9 cm³/mol. The van der Waals surface area contributed by atoms with Gasteiger partial charge in [0.1, 0.15) is 4.90 Å². The van der Waals surface area contributed by atoms with Crippen LogP contribution in [0.1, 0.15) is 5.56 Å². The van der Waals surface area contributed by atoms with E-state index in [1.54, 1.807) is 23.3 Å². The molecule has 6 nitrogen and oxygen atoms in total. The van der Waals surface area contributed by atoms with E-state index in [9.17, 15) is 8.42 Å². The van der Waals surface area contributed by atoms with Crippen molar-refractivity contribution in [3.8, 4) is 11.3 Å². The number of nitrogens with zero attached hydrogens (tertiary/aromatic N) is 3. The summed E-state index contributed by atoms with van der Waals surface area (Å²) in [5.41, 5.74) is 2.44. The van der Waals surface area contributed by atoms with Crippen molar-refractivity contribution in [1.82, 2.24) is 19.5 Å². The molecule has 0 aliphatic heterocycles. The van der Waals surface area contributed by atoms with Gasteiger partial charge in [-0.1, -0.05) is 23.2 Å². The molecule has 2 aromatic heterocycles. The minimum atomic E-state index is -3.80. The van der Waals surface area contributed by atoms with Crippen LogP contribution in [0.15, 0.2) is 53.8 Å². The highest BCUT2D eigenvalue weighted by atomic mass is 35.5. The molecule has 3 rings (SSSR count). The lowest BCUT2D eigenvalue weighted by molar-refractivity contribution is 0.581. The summed E-state index contributed by atoms with van der Waals surface area (Å²) in [7, 11) is -1.97. The Labute approximate surface area is 155 Å². The zero-order valence-corrected chi connectivity index (χ0v) is 15.5. The summed E-state index contributed by atoms with van der Waals surface area (Å²) in [6, 6.07) is 8.01. The zero-order valence-electron chi connectivity index (χ0n) is 13.1. The van der Waals surface area contributed by atoms with E-state index in [4.69, 9.17) is 23.2 Å². The van der Waals surface area contributed by atoms with Crippen LogP contribution in [0, 0.1) is 0 Å². The molecule has 1 aromatic carbocycles. The third-order valence-electron chi connectivity index (χ3n) is 3.56. The van der Waals surface area contributed by atoms with Crippen LogP contribution in [0.3, 0.4) is 0 Å². The fraction of sp³-hybridized carbons (Fsp3) is 0.125. The standard InChI is InChI=1S/C16H14Cl2N4O2S/c1-22-15(4-5-20-22)12-6-11(8-19-10-12)9-21-25(23,24)16-7-13(17)2-3-14(16)18/h2-8,10,21H,9H2,1H3. The Kier molecular flexibility index (Phi) is 5.10. The van der Waals surface area contributed by atoms with Gasteiger partial charge in [-0.15, -0.1) is 0 Å². The summed E-state index contributed by atoms with van der Waals surface area (Å²) < 4.78 is 29.1. The SMILES string of the molecule is Cn1nccc1-c1cncc(CNS(=O)(=O)c2cc(Cl)ccc2Cl)c1. The van der Waals surface area contributed by atoms with Crippen LogP contribution >= 0.6 is 23.2 Å². The van der Waals surface area contributed by atoms with Crippen LogP contribution in [0.5, 0.6) is 0 Å². The highest BCUT2D eigenvalue weighted by molar-refractivity contribution is 7.89. The summed E-state index contributed by atoms with van der Waals surface area (Å²) in [4.78, 5) is 4.11. The van der Waals surface area contributed by atoms with E-state index >= 15 is 0 Å². The van der Waals surface area contributed by atoms with Gasteiger partial charge in [0, 0.05) is 42.8 Å². The fourth-order valence-electron chi connectivity index (χ4n) is 2.32. The van der Waals surface area contributed by atoms with Gasteiger partial charge < -0.3 is 0 Å². The molecule has 2 heterocycles. The lowest BCUT2D eigenvalue weighted by atomic mass is 10.1. The molecule has 0 saturated heterocycles. The highest BCUT2D eigenvalue weighted by Crippen LogP contribution is 2.25. The number of hydrogen-bond donors (Lipinski definition) is 1. The van der Waals surface area contributed by atoms with Crippen molar-refractivity contribution in [3.63, 3.8) is 0 Å². The highest BCUT2D eigenvalue weighted by Gasteiger charge is 2.18. The number of aryl methyl sites for hydroxylation is 1. The smallest absolute Gasteiger partial charge is 0.242 e. The van der Waals surface area contributed by atoms with E-state index in [1.165, 1.54) is 18.2 Å². The molecule has 0 spiro atoms. The van der Waals surface area contributed by atoms with Gasteiger partial charge in [0.15, 0.2) is 0 Å². The predicted octanol–water partition coefficient (Wildman–Crippen LogP) is 3.27. The lowest BCUT2D eigenvalue weighted by Gasteiger charge is -2.10. The van der Waals surface area contributed by atoms with E-state index in [-0.39, 0.29) is 16.5 Å². The van der Waals surface area contributed by atoms with Crippen molar-refractivity contribution < 1.29 is 8.42 Å². The second-order valence-corrected chi connectivity index (χ2v) is 7.90. The van der Waals surface area contributed by atoms with Crippen LogP contribution in [-0.2, 0) is 23.6 Å². The normalized spacial score (nSPS) is 11.6. The van der Waals surface area contributed by atoms with Gasteiger partial charge in [-0.05, 0) is 35.9 Å². The summed E-state index contributed by atoms with van der Waals surface area (Å²) in [6.07, 6.45) is 4.98. The third kappa shape index (κ3) is 4.01. The van der Waals surface area contributed by atoms with E-state index in [2.05, 4.69) is 14.8 Å². The molecule has 130 valence electrons. The van der Waals surface area contributed by atoms with Crippen LogP contribution in [0.4, 0.5) is 0 Å². The van der Waals surface area contributed by atoms with Gasteiger partial charge in [0.05, 0.1) is 10.7 Å². The quantitative estimate of drug-likeness (QED) is 0.717. The van der Waals surface area contributed by atoms with Gasteiger partial charge in [-0.3, -0.25) is 9.67 Å². The van der Waals surface area contributed by atoms with Gasteiger partial charge >= 0.3 is 0 Å². The number of aromatic nitrogens is 3. The number of hydrogen-bond acceptors (Lipinski definition) is 4. The Morgan fingerprint density at radius 1 is 1.16 bits per heavy atom. The van der Waals surface area contributed by atoms with E-state index in [0.717, 1.165) is 11.3 Å². The topological polar surface area (TPSA) is 76.9 Å². The molecular formula is C16H14Cl2N4O2S. The lowest BCUT2D eigenvalue weighted by Crippen LogP contribution is -2.23. The van der Waals surface area contributed by atoms with Gasteiger partial charge in [-0.2, -0.15) is 5.10 Å². The van der Waals surface area contributed by atoms with Crippen LogP contribution in [0.25, 0.3) is 11.3 Å². The minimum absolute atomic E-state index is 0.0579. The first-order valence-electron chi connectivity index (χ1n) is 7.24. The Bertz CT molecular complexity index is 1020. The minimum Gasteiger partial charge on any atom is -0.268 e. The molecule has 3 aromatic rings. The molecule has 0 unspecified atom stereocenters. The van der Waals surface area contributed by atoms with E-state index in [0.29, 0.717) is 10.6 Å². The molecule has 0 atom stereocenters. The van der Waals surface area contributed by atoms with Crippen molar-refractivity contribution in [2.45, 2.75) is 11.4 Å². The van der Waals surface area contributed by atoms with Crippen LogP contribution in [-0.4, -0.2) is 23.2 Å². The first-order valence-corrected chi connectivity index (χ1v) is 9.48. The molecule has 0 radical (unpaired) electrons. The van der Waals surface area contributed by atoms with E-state index in [1.807, 2.05) is 19.2 Å². The third-order valence-corrected chi connectivity index (χ3v) is 5.68. The number of benzene rings is 1. The maximum Gasteiger partial charge on any atom is 0.242 e. The molecule has 0 aliphatic rings. The number of rotatable bonds is 5. The first kappa shape index (κ1) is 17.9. The average Bonchev–Trinajstić information content (AvgIpc) is 3.01. The van der Waals surface area contributed by atoms with Gasteiger partial charge in [-0.25, -0.2) is 13.1 Å². The van der Waals surface area contributed by atoms with Crippen molar-refractivity contribution in [1.29, 1.82) is 0 Å². The maximum atomic E-state index is 12.5. The Hall–Kier alpha value is -1.93. The van der Waals surface area contributed by atoms with Gasteiger partial charge in [0.2, 0.25) is 10.0 Å². The number of sulfonamides is 1. The summed E-state index contributed by atoms with van der Waals surface area (Å²) in [6.45, 7) is 0.0733. The molecular weight excluding hydrogens is 383 g/mol. The Balaban J connectivity index is 1.82. The number of pyridine rings is 1.